The molecule has 0 radical (unpaired) electrons. The van der Waals surface area contributed by atoms with Gasteiger partial charge in [-0.1, -0.05) is 18.2 Å². The van der Waals surface area contributed by atoms with Crippen LogP contribution in [0.2, 0.25) is 0 Å². The second kappa shape index (κ2) is 11.1. The number of guanidine groups is 1. The van der Waals surface area contributed by atoms with Crippen LogP contribution in [0.15, 0.2) is 47.5 Å². The zero-order valence-corrected chi connectivity index (χ0v) is 16.2. The molecule has 0 unspecified atom stereocenters. The van der Waals surface area contributed by atoms with Gasteiger partial charge in [-0.2, -0.15) is 0 Å². The predicted molar refractivity (Wildman–Crippen MR) is 107 cm³/mol. The average molecular weight is 373 g/mol. The molecule has 0 atom stereocenters. The Morgan fingerprint density at radius 2 is 1.89 bits per heavy atom. The van der Waals surface area contributed by atoms with Gasteiger partial charge in [-0.25, -0.2) is 9.38 Å². The summed E-state index contributed by atoms with van der Waals surface area (Å²) in [5, 5.41) is 6.50. The summed E-state index contributed by atoms with van der Waals surface area (Å²) in [6.07, 6.45) is 0.721. The highest BCUT2D eigenvalue weighted by molar-refractivity contribution is 5.79. The van der Waals surface area contributed by atoms with Gasteiger partial charge in [0.2, 0.25) is 0 Å². The quantitative estimate of drug-likeness (QED) is 0.522. The van der Waals surface area contributed by atoms with Crippen molar-refractivity contribution in [3.63, 3.8) is 0 Å². The van der Waals surface area contributed by atoms with Crippen LogP contribution in [-0.2, 0) is 13.0 Å². The lowest BCUT2D eigenvalue weighted by Crippen LogP contribution is -2.38. The Morgan fingerprint density at radius 1 is 1.04 bits per heavy atom. The third kappa shape index (κ3) is 6.81. The van der Waals surface area contributed by atoms with Gasteiger partial charge in [0.25, 0.3) is 0 Å². The van der Waals surface area contributed by atoms with E-state index in [2.05, 4.69) is 15.6 Å². The molecule has 0 aliphatic carbocycles. The van der Waals surface area contributed by atoms with E-state index in [1.54, 1.807) is 19.2 Å². The van der Waals surface area contributed by atoms with Gasteiger partial charge in [-0.05, 0) is 55.7 Å². The van der Waals surface area contributed by atoms with Crippen LogP contribution in [0.5, 0.6) is 11.5 Å². The maximum atomic E-state index is 13.2. The molecule has 0 heterocycles. The predicted octanol–water partition coefficient (Wildman–Crippen LogP) is 3.53. The number of benzene rings is 2. The van der Waals surface area contributed by atoms with E-state index in [1.807, 2.05) is 38.1 Å². The van der Waals surface area contributed by atoms with Gasteiger partial charge >= 0.3 is 0 Å². The van der Waals surface area contributed by atoms with E-state index in [0.29, 0.717) is 25.4 Å². The van der Waals surface area contributed by atoms with Crippen molar-refractivity contribution < 1.29 is 13.9 Å². The first-order valence-corrected chi connectivity index (χ1v) is 9.22. The summed E-state index contributed by atoms with van der Waals surface area (Å²) in [7, 11) is 1.63. The molecule has 5 nitrogen and oxygen atoms in total. The van der Waals surface area contributed by atoms with Gasteiger partial charge in [0, 0.05) is 13.1 Å². The fourth-order valence-corrected chi connectivity index (χ4v) is 2.62. The summed E-state index contributed by atoms with van der Waals surface area (Å²) in [6, 6.07) is 12.5. The van der Waals surface area contributed by atoms with Gasteiger partial charge in [-0.3, -0.25) is 0 Å². The molecule has 0 fully saturated rings. The molecule has 2 aromatic rings. The lowest BCUT2D eigenvalue weighted by molar-refractivity contribution is 0.310. The third-order valence-electron chi connectivity index (χ3n) is 3.89. The number of rotatable bonds is 9. The van der Waals surface area contributed by atoms with Crippen LogP contribution in [-0.4, -0.2) is 32.8 Å². The van der Waals surface area contributed by atoms with Crippen LogP contribution in [0.3, 0.4) is 0 Å². The van der Waals surface area contributed by atoms with Crippen LogP contribution < -0.4 is 20.1 Å². The first-order chi connectivity index (χ1) is 13.2. The topological polar surface area (TPSA) is 54.9 Å². The molecule has 6 heteroatoms. The molecule has 2 rings (SSSR count). The van der Waals surface area contributed by atoms with Gasteiger partial charge < -0.3 is 20.1 Å². The van der Waals surface area contributed by atoms with Crippen molar-refractivity contribution in [1.29, 1.82) is 0 Å². The second-order valence-corrected chi connectivity index (χ2v) is 5.92. The number of ether oxygens (including phenoxy) is 2. The van der Waals surface area contributed by atoms with Crippen molar-refractivity contribution in [2.75, 3.05) is 26.8 Å². The number of nitrogens with one attached hydrogen (secondary N) is 2. The van der Waals surface area contributed by atoms with Crippen LogP contribution in [0, 0.1) is 5.82 Å². The van der Waals surface area contributed by atoms with Crippen molar-refractivity contribution in [2.45, 2.75) is 26.8 Å². The Balaban J connectivity index is 1.97. The van der Waals surface area contributed by atoms with Crippen LogP contribution in [0.1, 0.15) is 25.0 Å². The van der Waals surface area contributed by atoms with E-state index in [-0.39, 0.29) is 5.82 Å². The van der Waals surface area contributed by atoms with Crippen molar-refractivity contribution in [3.05, 3.63) is 59.4 Å². The fraction of sp³-hybridized carbons (Fsp3) is 0.381. The second-order valence-electron chi connectivity index (χ2n) is 5.92. The number of hydrogen-bond donors (Lipinski definition) is 2. The van der Waals surface area contributed by atoms with E-state index in [4.69, 9.17) is 9.47 Å². The summed E-state index contributed by atoms with van der Waals surface area (Å²) in [4.78, 5) is 4.61. The number of aliphatic imine (C=N–C) groups is 1. The third-order valence-corrected chi connectivity index (χ3v) is 3.89. The van der Waals surface area contributed by atoms with Gasteiger partial charge in [0.15, 0.2) is 17.5 Å². The molecule has 0 saturated heterocycles. The number of methoxy groups -OCH3 is 1. The Morgan fingerprint density at radius 3 is 2.59 bits per heavy atom. The maximum absolute atomic E-state index is 13.2. The zero-order valence-electron chi connectivity index (χ0n) is 16.2. The molecule has 0 spiro atoms. The lowest BCUT2D eigenvalue weighted by atomic mass is 10.1. The molecule has 2 N–H and O–H groups in total. The molecule has 0 saturated carbocycles. The summed E-state index contributed by atoms with van der Waals surface area (Å²) in [5.74, 6) is 1.95. The van der Waals surface area contributed by atoms with Crippen LogP contribution in [0.4, 0.5) is 4.39 Å². The Hall–Kier alpha value is -2.76. The van der Waals surface area contributed by atoms with Crippen molar-refractivity contribution in [1.82, 2.24) is 10.6 Å². The standard InChI is InChI=1S/C21H28FN3O2/c1-4-23-21(24-12-11-16-7-6-8-18(22)13-16)25-15-17-9-10-19(26-3)20(14-17)27-5-2/h6-10,13-14H,4-5,11-12,15H2,1-3H3,(H2,23,24,25). The van der Waals surface area contributed by atoms with Crippen LogP contribution in [0.25, 0.3) is 0 Å². The molecule has 146 valence electrons. The maximum Gasteiger partial charge on any atom is 0.191 e. The van der Waals surface area contributed by atoms with Crippen LogP contribution >= 0.6 is 0 Å². The van der Waals surface area contributed by atoms with E-state index < -0.39 is 0 Å². The Labute approximate surface area is 160 Å². The fourth-order valence-electron chi connectivity index (χ4n) is 2.62. The number of hydrogen-bond acceptors (Lipinski definition) is 3. The number of halogens is 1. The van der Waals surface area contributed by atoms with E-state index in [9.17, 15) is 4.39 Å². The minimum absolute atomic E-state index is 0.210. The highest BCUT2D eigenvalue weighted by Gasteiger charge is 2.06. The minimum atomic E-state index is -0.210. The smallest absolute Gasteiger partial charge is 0.191 e. The molecular weight excluding hydrogens is 345 g/mol. The first kappa shape index (κ1) is 20.6. The summed E-state index contributed by atoms with van der Waals surface area (Å²) < 4.78 is 24.2. The SMILES string of the molecule is CCNC(=NCc1ccc(OC)c(OCC)c1)NCCc1cccc(F)c1. The number of nitrogens with zero attached hydrogens (tertiary/aromatic N) is 1. The average Bonchev–Trinajstić information content (AvgIpc) is 2.66. The largest absolute Gasteiger partial charge is 0.493 e. The molecule has 2 aromatic carbocycles. The highest BCUT2D eigenvalue weighted by Crippen LogP contribution is 2.28. The van der Waals surface area contributed by atoms with E-state index in [1.165, 1.54) is 6.07 Å². The van der Waals surface area contributed by atoms with Crippen molar-refractivity contribution >= 4 is 5.96 Å². The minimum Gasteiger partial charge on any atom is -0.493 e. The molecule has 0 amide bonds. The Bertz CT molecular complexity index is 750. The monoisotopic (exact) mass is 373 g/mol. The van der Waals surface area contributed by atoms with Gasteiger partial charge in [0.1, 0.15) is 5.82 Å². The molecule has 0 aromatic heterocycles. The van der Waals surface area contributed by atoms with Gasteiger partial charge in [-0.15, -0.1) is 0 Å². The molecule has 0 aliphatic heterocycles. The summed E-state index contributed by atoms with van der Waals surface area (Å²) in [5.41, 5.74) is 1.98. The lowest BCUT2D eigenvalue weighted by Gasteiger charge is -2.13. The summed E-state index contributed by atoms with van der Waals surface area (Å²) in [6.45, 7) is 6.48. The summed E-state index contributed by atoms with van der Waals surface area (Å²) >= 11 is 0. The highest BCUT2D eigenvalue weighted by atomic mass is 19.1. The molecular formula is C21H28FN3O2. The Kier molecular flexibility index (Phi) is 8.42. The molecule has 27 heavy (non-hydrogen) atoms. The first-order valence-electron chi connectivity index (χ1n) is 9.22. The van der Waals surface area contributed by atoms with Crippen molar-refractivity contribution in [3.8, 4) is 11.5 Å². The van der Waals surface area contributed by atoms with E-state index >= 15 is 0 Å². The normalized spacial score (nSPS) is 11.2. The zero-order chi connectivity index (χ0) is 19.5. The van der Waals surface area contributed by atoms with Gasteiger partial charge in [0.05, 0.1) is 20.3 Å². The van der Waals surface area contributed by atoms with Crippen molar-refractivity contribution in [2.24, 2.45) is 4.99 Å². The molecule has 0 aliphatic rings. The molecule has 0 bridgehead atoms. The van der Waals surface area contributed by atoms with E-state index in [0.717, 1.165) is 35.8 Å².